The quantitative estimate of drug-likeness (QED) is 0.831. The van der Waals surface area contributed by atoms with Gasteiger partial charge in [-0.3, -0.25) is 4.79 Å². The maximum Gasteiger partial charge on any atom is 0.228 e. The van der Waals surface area contributed by atoms with Gasteiger partial charge in [0.15, 0.2) is 0 Å². The number of benzene rings is 2. The molecule has 4 rings (SSSR count). The Labute approximate surface area is 155 Å². The summed E-state index contributed by atoms with van der Waals surface area (Å²) in [6.45, 7) is 3.34. The normalized spacial score (nSPS) is 23.3. The van der Waals surface area contributed by atoms with Gasteiger partial charge < -0.3 is 16.0 Å². The molecule has 0 radical (unpaired) electrons. The van der Waals surface area contributed by atoms with E-state index in [0.29, 0.717) is 0 Å². The summed E-state index contributed by atoms with van der Waals surface area (Å²) < 4.78 is 0. The summed E-state index contributed by atoms with van der Waals surface area (Å²) in [6, 6.07) is 16.1. The summed E-state index contributed by atoms with van der Waals surface area (Å²) in [4.78, 5) is 15.4. The molecule has 2 aromatic rings. The Hall–Kier alpha value is -2.33. The number of carbonyl (C=O) groups excluding carboxylic acids is 1. The van der Waals surface area contributed by atoms with Crippen molar-refractivity contribution < 1.29 is 4.79 Å². The Morgan fingerprint density at radius 1 is 0.962 bits per heavy atom. The maximum atomic E-state index is 12.9. The van der Waals surface area contributed by atoms with Crippen molar-refractivity contribution in [3.05, 3.63) is 65.2 Å². The molecular formula is C22H27N3O. The predicted molar refractivity (Wildman–Crippen MR) is 105 cm³/mol. The van der Waals surface area contributed by atoms with Crippen molar-refractivity contribution in [1.29, 1.82) is 0 Å². The van der Waals surface area contributed by atoms with Crippen LogP contribution < -0.4 is 11.1 Å². The Kier molecular flexibility index (Phi) is 4.93. The fourth-order valence-corrected chi connectivity index (χ4v) is 4.29. The van der Waals surface area contributed by atoms with Crippen molar-refractivity contribution in [2.24, 2.45) is 0 Å². The number of nitrogen functional groups attached to an aromatic ring is 1. The van der Waals surface area contributed by atoms with E-state index in [-0.39, 0.29) is 17.9 Å². The van der Waals surface area contributed by atoms with Gasteiger partial charge in [-0.2, -0.15) is 0 Å². The zero-order valence-corrected chi connectivity index (χ0v) is 15.2. The van der Waals surface area contributed by atoms with E-state index < -0.39 is 0 Å². The lowest BCUT2D eigenvalue weighted by atomic mass is 9.82. The molecule has 1 saturated heterocycles. The second-order valence-electron chi connectivity index (χ2n) is 7.48. The molecule has 1 amide bonds. The molecule has 26 heavy (non-hydrogen) atoms. The van der Waals surface area contributed by atoms with E-state index >= 15 is 0 Å². The third-order valence-corrected chi connectivity index (χ3v) is 5.74. The highest BCUT2D eigenvalue weighted by atomic mass is 16.2. The number of nitrogens with one attached hydrogen (secondary N) is 1. The molecular weight excluding hydrogens is 322 g/mol. The Balaban J connectivity index is 1.57. The lowest BCUT2D eigenvalue weighted by Crippen LogP contribution is -2.41. The van der Waals surface area contributed by atoms with E-state index in [4.69, 9.17) is 5.73 Å². The summed E-state index contributed by atoms with van der Waals surface area (Å²) in [6.07, 6.45) is 4.79. The van der Waals surface area contributed by atoms with Crippen molar-refractivity contribution in [3.63, 3.8) is 0 Å². The molecule has 3 N–H and O–H groups in total. The molecule has 2 atom stereocenters. The topological polar surface area (TPSA) is 58.4 Å². The van der Waals surface area contributed by atoms with Crippen LogP contribution in [0.2, 0.25) is 0 Å². The molecule has 0 aliphatic carbocycles. The summed E-state index contributed by atoms with van der Waals surface area (Å²) in [5.41, 5.74) is 10.0. The number of carbonyl (C=O) groups is 1. The predicted octanol–water partition coefficient (Wildman–Crippen LogP) is 3.45. The minimum atomic E-state index is -0.0921. The third kappa shape index (κ3) is 3.47. The second-order valence-corrected chi connectivity index (χ2v) is 7.48. The number of fused-ring (bicyclic) bond motifs is 1. The van der Waals surface area contributed by atoms with Gasteiger partial charge in [-0.1, -0.05) is 42.8 Å². The number of nitrogens with two attached hydrogens (primary N) is 1. The van der Waals surface area contributed by atoms with Crippen LogP contribution in [0.3, 0.4) is 0 Å². The number of likely N-dealkylation sites (tertiary alicyclic amines) is 1. The van der Waals surface area contributed by atoms with Crippen LogP contribution in [-0.4, -0.2) is 30.4 Å². The largest absolute Gasteiger partial charge is 0.399 e. The van der Waals surface area contributed by atoms with Crippen molar-refractivity contribution in [2.45, 2.75) is 37.6 Å². The van der Waals surface area contributed by atoms with Crippen molar-refractivity contribution in [3.8, 4) is 0 Å². The van der Waals surface area contributed by atoms with Crippen molar-refractivity contribution in [2.75, 3.05) is 25.4 Å². The van der Waals surface area contributed by atoms with Gasteiger partial charge in [0, 0.05) is 5.69 Å². The first-order valence-electron chi connectivity index (χ1n) is 9.69. The van der Waals surface area contributed by atoms with Crippen LogP contribution in [0.4, 0.5) is 5.69 Å². The number of piperidine rings is 1. The zero-order chi connectivity index (χ0) is 17.9. The van der Waals surface area contributed by atoms with Crippen LogP contribution in [-0.2, 0) is 4.79 Å². The van der Waals surface area contributed by atoms with Crippen LogP contribution in [0.15, 0.2) is 48.5 Å². The number of anilines is 1. The number of nitrogens with zero attached hydrogens (tertiary/aromatic N) is 1. The highest BCUT2D eigenvalue weighted by molar-refractivity contribution is 5.87. The summed E-state index contributed by atoms with van der Waals surface area (Å²) in [5, 5.41) is 3.25. The number of amides is 1. The first kappa shape index (κ1) is 17.1. The van der Waals surface area contributed by atoms with E-state index in [9.17, 15) is 4.79 Å². The van der Waals surface area contributed by atoms with Crippen LogP contribution in [0.1, 0.15) is 54.3 Å². The van der Waals surface area contributed by atoms with E-state index in [1.54, 1.807) is 0 Å². The summed E-state index contributed by atoms with van der Waals surface area (Å²) in [5.74, 6) is 0.0840. The molecule has 2 unspecified atom stereocenters. The van der Waals surface area contributed by atoms with Crippen LogP contribution in [0.5, 0.6) is 0 Å². The monoisotopic (exact) mass is 349 g/mol. The minimum absolute atomic E-state index is 0.0573. The molecule has 1 fully saturated rings. The molecule has 2 heterocycles. The highest BCUT2D eigenvalue weighted by Gasteiger charge is 2.33. The Bertz CT molecular complexity index is 765. The first-order valence-corrected chi connectivity index (χ1v) is 9.69. The van der Waals surface area contributed by atoms with Gasteiger partial charge >= 0.3 is 0 Å². The molecule has 136 valence electrons. The second kappa shape index (κ2) is 7.50. The zero-order valence-electron chi connectivity index (χ0n) is 15.2. The number of hydrogen-bond donors (Lipinski definition) is 2. The molecule has 4 nitrogen and oxygen atoms in total. The average molecular weight is 349 g/mol. The maximum absolute atomic E-state index is 12.9. The lowest BCUT2D eigenvalue weighted by molar-refractivity contribution is -0.124. The molecule has 2 aliphatic heterocycles. The molecule has 0 aromatic heterocycles. The van der Waals surface area contributed by atoms with E-state index in [2.05, 4.69) is 28.4 Å². The Morgan fingerprint density at radius 2 is 1.65 bits per heavy atom. The van der Waals surface area contributed by atoms with Gasteiger partial charge in [-0.05, 0) is 67.7 Å². The lowest BCUT2D eigenvalue weighted by Gasteiger charge is -2.34. The molecule has 0 spiro atoms. The van der Waals surface area contributed by atoms with Gasteiger partial charge in [-0.15, -0.1) is 0 Å². The fraction of sp³-hybridized carbons (Fsp3) is 0.409. The van der Waals surface area contributed by atoms with Gasteiger partial charge in [0.2, 0.25) is 5.91 Å². The fourth-order valence-electron chi connectivity index (χ4n) is 4.29. The van der Waals surface area contributed by atoms with Gasteiger partial charge in [0.05, 0.1) is 12.0 Å². The number of rotatable bonds is 4. The molecule has 2 aliphatic rings. The minimum Gasteiger partial charge on any atom is -0.399 e. The van der Waals surface area contributed by atoms with Gasteiger partial charge in [0.1, 0.15) is 0 Å². The van der Waals surface area contributed by atoms with E-state index in [1.807, 2.05) is 30.3 Å². The molecule has 0 bridgehead atoms. The Morgan fingerprint density at radius 3 is 2.38 bits per heavy atom. The number of hydrogen-bond acceptors (Lipinski definition) is 3. The van der Waals surface area contributed by atoms with Crippen LogP contribution >= 0.6 is 0 Å². The van der Waals surface area contributed by atoms with E-state index in [1.165, 1.54) is 43.5 Å². The first-order chi connectivity index (χ1) is 12.7. The highest BCUT2D eigenvalue weighted by Crippen LogP contribution is 2.36. The van der Waals surface area contributed by atoms with Crippen molar-refractivity contribution >= 4 is 11.6 Å². The van der Waals surface area contributed by atoms with Gasteiger partial charge in [-0.25, -0.2) is 0 Å². The molecule has 4 heteroatoms. The van der Waals surface area contributed by atoms with Crippen LogP contribution in [0.25, 0.3) is 0 Å². The van der Waals surface area contributed by atoms with E-state index in [0.717, 1.165) is 24.2 Å². The third-order valence-electron chi connectivity index (χ3n) is 5.74. The average Bonchev–Trinajstić information content (AvgIpc) is 2.68. The SMILES string of the molecule is Nc1ccc(C2NC(=O)C(CCN3CCCCC3)c3ccccc32)cc1. The van der Waals surface area contributed by atoms with Crippen molar-refractivity contribution in [1.82, 2.24) is 10.2 Å². The summed E-state index contributed by atoms with van der Waals surface area (Å²) >= 11 is 0. The molecule has 2 aromatic carbocycles. The smallest absolute Gasteiger partial charge is 0.228 e. The van der Waals surface area contributed by atoms with Crippen LogP contribution in [0, 0.1) is 0 Å². The summed E-state index contributed by atoms with van der Waals surface area (Å²) in [7, 11) is 0. The standard InChI is InChI=1S/C22H27N3O/c23-17-10-8-16(9-11-17)21-19-7-3-2-6-18(19)20(22(26)24-21)12-15-25-13-4-1-5-14-25/h2-3,6-11,20-21H,1,4-5,12-15,23H2,(H,24,26). The van der Waals surface area contributed by atoms with Gasteiger partial charge in [0.25, 0.3) is 0 Å². The molecule has 0 saturated carbocycles.